The van der Waals surface area contributed by atoms with Crippen LogP contribution in [0.25, 0.3) is 0 Å². The zero-order valence-electron chi connectivity index (χ0n) is 11.6. The Morgan fingerprint density at radius 3 is 3.21 bits per heavy atom. The van der Waals surface area contributed by atoms with E-state index in [0.717, 1.165) is 18.8 Å². The number of furan rings is 1. The molecule has 1 aromatic rings. The molecule has 0 saturated carbocycles. The first-order chi connectivity index (χ1) is 9.19. The molecule has 1 aliphatic heterocycles. The van der Waals surface area contributed by atoms with E-state index in [1.165, 1.54) is 32.8 Å². The molecule has 0 aromatic carbocycles. The Balaban J connectivity index is 1.73. The number of nitrogens with one attached hydrogen (secondary N) is 1. The molecule has 1 aromatic heterocycles. The van der Waals surface area contributed by atoms with Gasteiger partial charge in [0.2, 0.25) is 0 Å². The van der Waals surface area contributed by atoms with Crippen LogP contribution in [-0.2, 0) is 11.3 Å². The molecule has 19 heavy (non-hydrogen) atoms. The Bertz CT molecular complexity index is 417. The molecule has 2 rings (SSSR count). The van der Waals surface area contributed by atoms with Crippen LogP contribution in [0.2, 0.25) is 0 Å². The van der Waals surface area contributed by atoms with Crippen molar-refractivity contribution < 1.29 is 13.9 Å². The zero-order chi connectivity index (χ0) is 13.7. The maximum Gasteiger partial charge on any atom is 0.341 e. The van der Waals surface area contributed by atoms with Gasteiger partial charge in [0.15, 0.2) is 0 Å². The van der Waals surface area contributed by atoms with Crippen molar-refractivity contribution in [3.05, 3.63) is 23.7 Å². The van der Waals surface area contributed by atoms with E-state index in [1.807, 2.05) is 0 Å². The maximum absolute atomic E-state index is 11.3. The van der Waals surface area contributed by atoms with Gasteiger partial charge in [-0.15, -0.1) is 0 Å². The van der Waals surface area contributed by atoms with Crippen LogP contribution in [0.3, 0.4) is 0 Å². The van der Waals surface area contributed by atoms with Crippen molar-refractivity contribution in [2.75, 3.05) is 33.8 Å². The Morgan fingerprint density at radius 1 is 1.63 bits per heavy atom. The largest absolute Gasteiger partial charge is 0.467 e. The molecule has 0 amide bonds. The molecule has 106 valence electrons. The van der Waals surface area contributed by atoms with Gasteiger partial charge in [-0.3, -0.25) is 0 Å². The number of carbonyl (C=O) groups is 1. The molecule has 1 aliphatic rings. The summed E-state index contributed by atoms with van der Waals surface area (Å²) in [7, 11) is 3.54. The van der Waals surface area contributed by atoms with Crippen molar-refractivity contribution >= 4 is 5.97 Å². The fourth-order valence-corrected chi connectivity index (χ4v) is 2.54. The maximum atomic E-state index is 11.3. The van der Waals surface area contributed by atoms with E-state index in [2.05, 4.69) is 22.0 Å². The Morgan fingerprint density at radius 2 is 2.47 bits per heavy atom. The normalized spacial score (nSPS) is 20.4. The molecule has 1 atom stereocenters. The monoisotopic (exact) mass is 266 g/mol. The van der Waals surface area contributed by atoms with E-state index in [-0.39, 0.29) is 5.97 Å². The van der Waals surface area contributed by atoms with Crippen LogP contribution >= 0.6 is 0 Å². The summed E-state index contributed by atoms with van der Waals surface area (Å²) in [5.41, 5.74) is 0.469. The molecule has 0 bridgehead atoms. The van der Waals surface area contributed by atoms with Crippen molar-refractivity contribution in [1.29, 1.82) is 0 Å². The SMILES string of the molecule is COC(=O)c1coc(CNCC2CCCN(C)C2)c1. The number of piperidine rings is 1. The Kier molecular flexibility index (Phi) is 4.99. The highest BCUT2D eigenvalue weighted by Crippen LogP contribution is 2.14. The molecule has 2 heterocycles. The summed E-state index contributed by atoms with van der Waals surface area (Å²) in [6.07, 6.45) is 4.00. The second kappa shape index (κ2) is 6.73. The lowest BCUT2D eigenvalue weighted by Gasteiger charge is -2.29. The molecule has 1 saturated heterocycles. The lowest BCUT2D eigenvalue weighted by atomic mass is 9.98. The number of rotatable bonds is 5. The van der Waals surface area contributed by atoms with Gasteiger partial charge in [-0.1, -0.05) is 0 Å². The third-order valence-corrected chi connectivity index (χ3v) is 3.53. The summed E-state index contributed by atoms with van der Waals surface area (Å²) >= 11 is 0. The van der Waals surface area contributed by atoms with Gasteiger partial charge in [-0.25, -0.2) is 4.79 Å². The first kappa shape index (κ1) is 14.1. The predicted octanol–water partition coefficient (Wildman–Crippen LogP) is 1.50. The zero-order valence-corrected chi connectivity index (χ0v) is 11.6. The van der Waals surface area contributed by atoms with Crippen molar-refractivity contribution in [3.8, 4) is 0 Å². The Labute approximate surface area is 113 Å². The summed E-state index contributed by atoms with van der Waals surface area (Å²) in [6, 6.07) is 1.73. The number of likely N-dealkylation sites (tertiary alicyclic amines) is 1. The van der Waals surface area contributed by atoms with Crippen LogP contribution in [0.4, 0.5) is 0 Å². The second-order valence-corrected chi connectivity index (χ2v) is 5.19. The van der Waals surface area contributed by atoms with Gasteiger partial charge in [-0.2, -0.15) is 0 Å². The van der Waals surface area contributed by atoms with Crippen molar-refractivity contribution in [1.82, 2.24) is 10.2 Å². The second-order valence-electron chi connectivity index (χ2n) is 5.19. The molecule has 1 unspecified atom stereocenters. The number of ether oxygens (including phenoxy) is 1. The van der Waals surface area contributed by atoms with Crippen LogP contribution in [0, 0.1) is 5.92 Å². The molecule has 0 spiro atoms. The van der Waals surface area contributed by atoms with Crippen molar-refractivity contribution in [2.45, 2.75) is 19.4 Å². The predicted molar refractivity (Wildman–Crippen MR) is 72.0 cm³/mol. The first-order valence-corrected chi connectivity index (χ1v) is 6.74. The molecule has 0 radical (unpaired) electrons. The van der Waals surface area contributed by atoms with Crippen LogP contribution in [-0.4, -0.2) is 44.7 Å². The third-order valence-electron chi connectivity index (χ3n) is 3.53. The van der Waals surface area contributed by atoms with E-state index in [9.17, 15) is 4.79 Å². The van der Waals surface area contributed by atoms with Gasteiger partial charge in [0.1, 0.15) is 12.0 Å². The molecule has 0 aliphatic carbocycles. The van der Waals surface area contributed by atoms with Gasteiger partial charge in [-0.05, 0) is 45.0 Å². The van der Waals surface area contributed by atoms with Gasteiger partial charge in [0, 0.05) is 6.54 Å². The molecular weight excluding hydrogens is 244 g/mol. The standard InChI is InChI=1S/C14H22N2O3/c1-16-5-3-4-11(9-16)7-15-8-13-6-12(10-19-13)14(17)18-2/h6,10-11,15H,3-5,7-9H2,1-2H3. The van der Waals surface area contributed by atoms with E-state index in [0.29, 0.717) is 18.0 Å². The first-order valence-electron chi connectivity index (χ1n) is 6.74. The number of hydrogen-bond acceptors (Lipinski definition) is 5. The van der Waals surface area contributed by atoms with Gasteiger partial charge in [0.05, 0.1) is 19.2 Å². The summed E-state index contributed by atoms with van der Waals surface area (Å²) in [4.78, 5) is 13.6. The average molecular weight is 266 g/mol. The lowest BCUT2D eigenvalue weighted by Crippen LogP contribution is -2.37. The van der Waals surface area contributed by atoms with Crippen LogP contribution in [0.1, 0.15) is 29.0 Å². The number of carbonyl (C=O) groups excluding carboxylic acids is 1. The van der Waals surface area contributed by atoms with Gasteiger partial charge < -0.3 is 19.4 Å². The molecule has 1 fully saturated rings. The summed E-state index contributed by atoms with van der Waals surface area (Å²) in [5, 5.41) is 3.39. The van der Waals surface area contributed by atoms with Crippen LogP contribution in [0.5, 0.6) is 0 Å². The number of esters is 1. The van der Waals surface area contributed by atoms with Crippen LogP contribution < -0.4 is 5.32 Å². The summed E-state index contributed by atoms with van der Waals surface area (Å²) in [5.74, 6) is 1.11. The highest BCUT2D eigenvalue weighted by molar-refractivity contribution is 5.88. The number of hydrogen-bond donors (Lipinski definition) is 1. The summed E-state index contributed by atoms with van der Waals surface area (Å²) in [6.45, 7) is 3.99. The topological polar surface area (TPSA) is 54.7 Å². The molecule has 1 N–H and O–H groups in total. The molecule has 5 nitrogen and oxygen atoms in total. The number of nitrogens with zero attached hydrogens (tertiary/aromatic N) is 1. The van der Waals surface area contributed by atoms with Crippen molar-refractivity contribution in [2.24, 2.45) is 5.92 Å². The van der Waals surface area contributed by atoms with E-state index < -0.39 is 0 Å². The minimum Gasteiger partial charge on any atom is -0.467 e. The number of methoxy groups -OCH3 is 1. The van der Waals surface area contributed by atoms with Gasteiger partial charge in [0.25, 0.3) is 0 Å². The van der Waals surface area contributed by atoms with E-state index in [4.69, 9.17) is 4.42 Å². The lowest BCUT2D eigenvalue weighted by molar-refractivity contribution is 0.0600. The quantitative estimate of drug-likeness (QED) is 0.818. The summed E-state index contributed by atoms with van der Waals surface area (Å²) < 4.78 is 9.96. The third kappa shape index (κ3) is 4.08. The van der Waals surface area contributed by atoms with E-state index >= 15 is 0 Å². The highest BCUT2D eigenvalue weighted by atomic mass is 16.5. The smallest absolute Gasteiger partial charge is 0.341 e. The van der Waals surface area contributed by atoms with Gasteiger partial charge >= 0.3 is 5.97 Å². The average Bonchev–Trinajstić information content (AvgIpc) is 2.87. The minimum absolute atomic E-state index is 0.357. The highest BCUT2D eigenvalue weighted by Gasteiger charge is 2.17. The van der Waals surface area contributed by atoms with E-state index in [1.54, 1.807) is 6.07 Å². The molecular formula is C14H22N2O3. The van der Waals surface area contributed by atoms with Crippen molar-refractivity contribution in [3.63, 3.8) is 0 Å². The Hall–Kier alpha value is -1.33. The molecule has 5 heteroatoms. The fourth-order valence-electron chi connectivity index (χ4n) is 2.54. The minimum atomic E-state index is -0.357. The fraction of sp³-hybridized carbons (Fsp3) is 0.643. The van der Waals surface area contributed by atoms with Crippen LogP contribution in [0.15, 0.2) is 16.7 Å².